The Bertz CT molecular complexity index is 1510. The number of aliphatic carboxylic acids is 1. The topological polar surface area (TPSA) is 123 Å². The number of aromatic nitrogens is 4. The Morgan fingerprint density at radius 3 is 2.34 bits per heavy atom. The molecule has 0 spiro atoms. The molecule has 2 aromatic heterocycles. The first-order valence-corrected chi connectivity index (χ1v) is 11.4. The molecule has 0 aliphatic rings. The van der Waals surface area contributed by atoms with E-state index in [1.807, 2.05) is 49.9 Å². The minimum Gasteiger partial charge on any atom is -0.508 e. The van der Waals surface area contributed by atoms with Gasteiger partial charge in [-0.15, -0.1) is 5.10 Å². The number of benzene rings is 2. The molecule has 1 atom stereocenters. The van der Waals surface area contributed by atoms with Crippen LogP contribution in [0.1, 0.15) is 52.1 Å². The predicted octanol–water partition coefficient (Wildman–Crippen LogP) is 4.40. The zero-order valence-electron chi connectivity index (χ0n) is 20.6. The molecule has 2 heterocycles. The van der Waals surface area contributed by atoms with Crippen LogP contribution >= 0.6 is 0 Å². The fourth-order valence-electron chi connectivity index (χ4n) is 4.17. The molecule has 1 unspecified atom stereocenters. The maximum absolute atomic E-state index is 13.7. The monoisotopic (exact) mass is 478 g/mol. The molecule has 0 fully saturated rings. The number of phenolic OH excluding ortho intramolecular Hbond substituents is 2. The molecule has 0 aliphatic heterocycles. The van der Waals surface area contributed by atoms with Crippen LogP contribution in [0.3, 0.4) is 0 Å². The summed E-state index contributed by atoms with van der Waals surface area (Å²) in [5, 5.41) is 36.3. The van der Waals surface area contributed by atoms with E-state index in [2.05, 4.69) is 5.10 Å². The van der Waals surface area contributed by atoms with Gasteiger partial charge in [-0.25, -0.2) is 14.0 Å². The van der Waals surface area contributed by atoms with Crippen molar-refractivity contribution in [2.75, 3.05) is 0 Å². The van der Waals surface area contributed by atoms with Crippen molar-refractivity contribution in [3.05, 3.63) is 58.6 Å². The van der Waals surface area contributed by atoms with Crippen molar-refractivity contribution in [2.45, 2.75) is 46.6 Å². The van der Waals surface area contributed by atoms with Gasteiger partial charge in [-0.1, -0.05) is 13.8 Å². The van der Waals surface area contributed by atoms with Gasteiger partial charge in [-0.3, -0.25) is 4.79 Å². The number of nitrogens with zero attached hydrogens (tertiary/aromatic N) is 4. The fourth-order valence-corrected chi connectivity index (χ4v) is 4.17. The van der Waals surface area contributed by atoms with E-state index < -0.39 is 23.1 Å². The lowest BCUT2D eigenvalue weighted by molar-refractivity contribution is -0.149. The van der Waals surface area contributed by atoms with E-state index in [1.54, 1.807) is 19.1 Å². The van der Waals surface area contributed by atoms with Gasteiger partial charge in [0.25, 0.3) is 0 Å². The van der Waals surface area contributed by atoms with E-state index in [4.69, 9.17) is 0 Å². The summed E-state index contributed by atoms with van der Waals surface area (Å²) < 4.78 is 4.49. The zero-order chi connectivity index (χ0) is 25.8. The SMILES string of the molecule is CC(C)c1cc(-c2nn(C(C)C(C)(C)C(=O)O)c(=O)n2-c2ccc3c(ccn3C)c2)c(O)cc1O. The van der Waals surface area contributed by atoms with Crippen LogP contribution in [0.5, 0.6) is 11.5 Å². The largest absolute Gasteiger partial charge is 0.508 e. The number of carboxylic acids is 1. The van der Waals surface area contributed by atoms with Crippen LogP contribution in [0.15, 0.2) is 47.4 Å². The molecule has 35 heavy (non-hydrogen) atoms. The third-order valence-electron chi connectivity index (χ3n) is 6.90. The Morgan fingerprint density at radius 1 is 1.03 bits per heavy atom. The normalized spacial score (nSPS) is 13.0. The number of fused-ring (bicyclic) bond motifs is 1. The minimum atomic E-state index is -1.29. The highest BCUT2D eigenvalue weighted by molar-refractivity contribution is 5.83. The van der Waals surface area contributed by atoms with Gasteiger partial charge in [0.05, 0.1) is 22.7 Å². The Labute approximate surface area is 202 Å². The first-order valence-electron chi connectivity index (χ1n) is 11.4. The summed E-state index contributed by atoms with van der Waals surface area (Å²) in [6, 6.07) is 9.51. The van der Waals surface area contributed by atoms with Crippen LogP contribution in [0.25, 0.3) is 28.0 Å². The average Bonchev–Trinajstić information content (AvgIpc) is 3.32. The molecule has 9 nitrogen and oxygen atoms in total. The lowest BCUT2D eigenvalue weighted by atomic mass is 9.86. The molecule has 9 heteroatoms. The molecule has 0 saturated carbocycles. The number of aromatic hydroxyl groups is 2. The van der Waals surface area contributed by atoms with E-state index in [-0.39, 0.29) is 28.8 Å². The summed E-state index contributed by atoms with van der Waals surface area (Å²) in [5.41, 5.74) is 0.527. The molecule has 0 bridgehead atoms. The number of carboxylic acid groups (broad SMARTS) is 1. The first kappa shape index (κ1) is 24.1. The maximum atomic E-state index is 13.7. The van der Waals surface area contributed by atoms with Gasteiger partial charge in [-0.05, 0) is 62.6 Å². The average molecular weight is 479 g/mol. The first-order chi connectivity index (χ1) is 16.3. The van der Waals surface area contributed by atoms with Gasteiger partial charge in [0.2, 0.25) is 0 Å². The standard InChI is InChI=1S/C26H30N4O5/c1-14(2)18-12-19(22(32)13-21(18)31)23-27-30(15(3)26(4,5)24(33)34)25(35)29(23)17-7-8-20-16(11-17)9-10-28(20)6/h7-15,31-32H,1-6H3,(H,33,34). The number of rotatable bonds is 6. The number of phenols is 2. The molecular formula is C26H30N4O5. The summed E-state index contributed by atoms with van der Waals surface area (Å²) >= 11 is 0. The fraction of sp³-hybridized carbons (Fsp3) is 0.346. The van der Waals surface area contributed by atoms with Crippen molar-refractivity contribution in [2.24, 2.45) is 12.5 Å². The van der Waals surface area contributed by atoms with Gasteiger partial charge in [0.1, 0.15) is 11.5 Å². The van der Waals surface area contributed by atoms with Crippen LogP contribution in [0.2, 0.25) is 0 Å². The zero-order valence-corrected chi connectivity index (χ0v) is 20.6. The Morgan fingerprint density at radius 2 is 1.71 bits per heavy atom. The predicted molar refractivity (Wildman–Crippen MR) is 133 cm³/mol. The smallest absolute Gasteiger partial charge is 0.351 e. The second kappa shape index (κ2) is 8.33. The highest BCUT2D eigenvalue weighted by atomic mass is 16.4. The molecule has 0 aliphatic carbocycles. The number of hydrogen-bond acceptors (Lipinski definition) is 5. The summed E-state index contributed by atoms with van der Waals surface area (Å²) in [7, 11) is 1.93. The molecule has 4 aromatic rings. The molecule has 3 N–H and O–H groups in total. The van der Waals surface area contributed by atoms with Crippen LogP contribution in [-0.4, -0.2) is 40.2 Å². The second-order valence-electron chi connectivity index (χ2n) is 9.84. The van der Waals surface area contributed by atoms with Crippen LogP contribution < -0.4 is 5.69 Å². The molecule has 184 valence electrons. The van der Waals surface area contributed by atoms with E-state index in [9.17, 15) is 24.9 Å². The third kappa shape index (κ3) is 3.86. The van der Waals surface area contributed by atoms with Crippen molar-refractivity contribution in [1.82, 2.24) is 18.9 Å². The van der Waals surface area contributed by atoms with Gasteiger partial charge >= 0.3 is 11.7 Å². The Hall–Kier alpha value is -4.01. The van der Waals surface area contributed by atoms with Crippen molar-refractivity contribution < 1.29 is 20.1 Å². The van der Waals surface area contributed by atoms with E-state index in [0.29, 0.717) is 11.3 Å². The Kier molecular flexibility index (Phi) is 5.75. The van der Waals surface area contributed by atoms with Crippen LogP contribution in [0, 0.1) is 5.41 Å². The quantitative estimate of drug-likeness (QED) is 0.378. The van der Waals surface area contributed by atoms with Crippen molar-refractivity contribution >= 4 is 16.9 Å². The van der Waals surface area contributed by atoms with Crippen LogP contribution in [-0.2, 0) is 11.8 Å². The number of aryl methyl sites for hydroxylation is 1. The van der Waals surface area contributed by atoms with Gasteiger partial charge < -0.3 is 19.9 Å². The lowest BCUT2D eigenvalue weighted by Gasteiger charge is -2.26. The summed E-state index contributed by atoms with van der Waals surface area (Å²) in [4.78, 5) is 25.7. The van der Waals surface area contributed by atoms with E-state index >= 15 is 0 Å². The lowest BCUT2D eigenvalue weighted by Crippen LogP contribution is -2.38. The molecule has 2 aromatic carbocycles. The molecule has 4 rings (SSSR count). The van der Waals surface area contributed by atoms with Crippen LogP contribution in [0.4, 0.5) is 0 Å². The van der Waals surface area contributed by atoms with Gasteiger partial charge in [-0.2, -0.15) is 0 Å². The molecule has 0 amide bonds. The highest BCUT2D eigenvalue weighted by Gasteiger charge is 2.38. The summed E-state index contributed by atoms with van der Waals surface area (Å²) in [5.74, 6) is -1.26. The molecule has 0 radical (unpaired) electrons. The summed E-state index contributed by atoms with van der Waals surface area (Å²) in [6.07, 6.45) is 1.92. The maximum Gasteiger partial charge on any atom is 0.351 e. The van der Waals surface area contributed by atoms with Crippen molar-refractivity contribution in [1.29, 1.82) is 0 Å². The van der Waals surface area contributed by atoms with E-state index in [1.165, 1.54) is 24.5 Å². The van der Waals surface area contributed by atoms with Crippen molar-refractivity contribution in [3.8, 4) is 28.6 Å². The second-order valence-corrected chi connectivity index (χ2v) is 9.84. The van der Waals surface area contributed by atoms with Crippen molar-refractivity contribution in [3.63, 3.8) is 0 Å². The minimum absolute atomic E-state index is 0.0536. The third-order valence-corrected chi connectivity index (χ3v) is 6.90. The summed E-state index contributed by atoms with van der Waals surface area (Å²) in [6.45, 7) is 8.52. The molecule has 0 saturated heterocycles. The van der Waals surface area contributed by atoms with Gasteiger partial charge in [0, 0.05) is 30.2 Å². The highest BCUT2D eigenvalue weighted by Crippen LogP contribution is 2.38. The van der Waals surface area contributed by atoms with Gasteiger partial charge in [0.15, 0.2) is 5.82 Å². The van der Waals surface area contributed by atoms with E-state index in [0.717, 1.165) is 15.6 Å². The molecular weight excluding hydrogens is 448 g/mol. The number of carbonyl (C=O) groups is 1. The number of hydrogen-bond donors (Lipinski definition) is 3. The Balaban J connectivity index is 2.04.